The molecule has 1 aliphatic rings. The van der Waals surface area contributed by atoms with E-state index in [1.807, 2.05) is 0 Å². The third-order valence-electron chi connectivity index (χ3n) is 4.66. The average molecular weight is 359 g/mol. The molecule has 1 heterocycles. The highest BCUT2D eigenvalue weighted by atomic mass is 16.5. The smallest absolute Gasteiger partial charge is 0.114 e. The van der Waals surface area contributed by atoms with Crippen molar-refractivity contribution in [2.24, 2.45) is 0 Å². The standard InChI is InChI=1S/C20H38O5/c1-2-3-4-5-6-7-8-9-10-11-12-13-14-24-15-18(22)20-19(23)17(21)16-25-20/h9-10,17-23H,2-8,11-16H2,1H3/b10-9+/t17-,18+,19+,20+/m1/s1. The maximum absolute atomic E-state index is 9.90. The summed E-state index contributed by atoms with van der Waals surface area (Å²) in [5.74, 6) is 0. The Morgan fingerprint density at radius 2 is 1.64 bits per heavy atom. The summed E-state index contributed by atoms with van der Waals surface area (Å²) >= 11 is 0. The first-order chi connectivity index (χ1) is 12.2. The molecular formula is C20H38O5. The topological polar surface area (TPSA) is 79.2 Å². The lowest BCUT2D eigenvalue weighted by molar-refractivity contribution is -0.0813. The minimum absolute atomic E-state index is 0.0635. The number of allylic oxidation sites excluding steroid dienone is 2. The molecule has 0 unspecified atom stereocenters. The molecule has 0 radical (unpaired) electrons. The van der Waals surface area contributed by atoms with Crippen molar-refractivity contribution in [3.63, 3.8) is 0 Å². The summed E-state index contributed by atoms with van der Waals surface area (Å²) in [4.78, 5) is 0. The van der Waals surface area contributed by atoms with E-state index < -0.39 is 24.4 Å². The van der Waals surface area contributed by atoms with Crippen LogP contribution in [-0.2, 0) is 9.47 Å². The van der Waals surface area contributed by atoms with E-state index in [1.165, 1.54) is 44.9 Å². The summed E-state index contributed by atoms with van der Waals surface area (Å²) in [5, 5.41) is 28.9. The molecule has 0 aromatic carbocycles. The van der Waals surface area contributed by atoms with Crippen LogP contribution >= 0.6 is 0 Å². The van der Waals surface area contributed by atoms with Crippen molar-refractivity contribution in [1.29, 1.82) is 0 Å². The lowest BCUT2D eigenvalue weighted by Gasteiger charge is -2.20. The molecule has 1 rings (SSSR count). The van der Waals surface area contributed by atoms with Gasteiger partial charge in [-0.05, 0) is 32.1 Å². The molecule has 0 bridgehead atoms. The van der Waals surface area contributed by atoms with Gasteiger partial charge in [-0.3, -0.25) is 0 Å². The molecule has 0 aromatic rings. The van der Waals surface area contributed by atoms with Gasteiger partial charge in [-0.15, -0.1) is 0 Å². The van der Waals surface area contributed by atoms with Crippen LogP contribution < -0.4 is 0 Å². The molecule has 0 saturated carbocycles. The van der Waals surface area contributed by atoms with Crippen molar-refractivity contribution >= 4 is 0 Å². The fourth-order valence-corrected chi connectivity index (χ4v) is 3.01. The van der Waals surface area contributed by atoms with Crippen LogP contribution in [0.2, 0.25) is 0 Å². The zero-order valence-electron chi connectivity index (χ0n) is 15.8. The van der Waals surface area contributed by atoms with E-state index in [0.29, 0.717) is 6.61 Å². The highest BCUT2D eigenvalue weighted by molar-refractivity contribution is 4.87. The summed E-state index contributed by atoms with van der Waals surface area (Å²) < 4.78 is 10.6. The quantitative estimate of drug-likeness (QED) is 0.310. The van der Waals surface area contributed by atoms with Crippen LogP contribution in [-0.4, -0.2) is 59.6 Å². The van der Waals surface area contributed by atoms with Crippen LogP contribution in [0.4, 0.5) is 0 Å². The van der Waals surface area contributed by atoms with E-state index in [1.54, 1.807) is 0 Å². The predicted octanol–water partition coefficient (Wildman–Crippen LogP) is 2.96. The Morgan fingerprint density at radius 1 is 1.00 bits per heavy atom. The second kappa shape index (κ2) is 14.7. The molecule has 1 saturated heterocycles. The zero-order valence-corrected chi connectivity index (χ0v) is 15.8. The van der Waals surface area contributed by atoms with Crippen LogP contribution in [0.3, 0.4) is 0 Å². The number of aliphatic hydroxyl groups excluding tert-OH is 3. The normalized spacial score (nSPS) is 25.0. The number of hydrogen-bond acceptors (Lipinski definition) is 5. The molecule has 148 valence electrons. The van der Waals surface area contributed by atoms with Crippen molar-refractivity contribution in [1.82, 2.24) is 0 Å². The number of ether oxygens (including phenoxy) is 2. The van der Waals surface area contributed by atoms with E-state index in [9.17, 15) is 15.3 Å². The molecule has 1 aliphatic heterocycles. The molecule has 0 spiro atoms. The van der Waals surface area contributed by atoms with Gasteiger partial charge in [-0.2, -0.15) is 0 Å². The van der Waals surface area contributed by atoms with Gasteiger partial charge >= 0.3 is 0 Å². The second-order valence-electron chi connectivity index (χ2n) is 7.02. The maximum atomic E-state index is 9.90. The number of rotatable bonds is 15. The highest BCUT2D eigenvalue weighted by Crippen LogP contribution is 2.17. The summed E-state index contributed by atoms with van der Waals surface area (Å²) in [5.41, 5.74) is 0. The van der Waals surface area contributed by atoms with Crippen LogP contribution in [0.25, 0.3) is 0 Å². The predicted molar refractivity (Wildman–Crippen MR) is 99.6 cm³/mol. The Labute approximate surface area is 153 Å². The largest absolute Gasteiger partial charge is 0.388 e. The first kappa shape index (κ1) is 22.6. The van der Waals surface area contributed by atoms with E-state index in [-0.39, 0.29) is 13.2 Å². The summed E-state index contributed by atoms with van der Waals surface area (Å²) in [6.07, 6.45) is 13.3. The van der Waals surface area contributed by atoms with Gasteiger partial charge in [0, 0.05) is 6.61 Å². The third-order valence-corrected chi connectivity index (χ3v) is 4.66. The second-order valence-corrected chi connectivity index (χ2v) is 7.02. The van der Waals surface area contributed by atoms with Gasteiger partial charge < -0.3 is 24.8 Å². The van der Waals surface area contributed by atoms with Gasteiger partial charge in [-0.1, -0.05) is 51.2 Å². The van der Waals surface area contributed by atoms with Gasteiger partial charge in [0.2, 0.25) is 0 Å². The molecule has 4 atom stereocenters. The van der Waals surface area contributed by atoms with E-state index >= 15 is 0 Å². The van der Waals surface area contributed by atoms with Crippen LogP contribution in [0.5, 0.6) is 0 Å². The summed E-state index contributed by atoms with van der Waals surface area (Å²) in [6, 6.07) is 0. The number of aliphatic hydroxyl groups is 3. The van der Waals surface area contributed by atoms with Gasteiger partial charge in [0.05, 0.1) is 13.2 Å². The average Bonchev–Trinajstić information content (AvgIpc) is 2.94. The van der Waals surface area contributed by atoms with Crippen molar-refractivity contribution in [3.8, 4) is 0 Å². The Morgan fingerprint density at radius 3 is 2.28 bits per heavy atom. The Hall–Kier alpha value is -0.460. The number of unbranched alkanes of at least 4 members (excludes halogenated alkanes) is 8. The minimum atomic E-state index is -1.03. The Balaban J connectivity index is 1.86. The minimum Gasteiger partial charge on any atom is -0.388 e. The van der Waals surface area contributed by atoms with Gasteiger partial charge in [0.25, 0.3) is 0 Å². The molecule has 0 aromatic heterocycles. The SMILES string of the molecule is CCCCCCCC/C=C/CCCCOC[C@H](O)[C@@H]1OC[C@@H](O)[C@@H]1O. The van der Waals surface area contributed by atoms with Crippen molar-refractivity contribution in [2.45, 2.75) is 95.5 Å². The van der Waals surface area contributed by atoms with E-state index in [4.69, 9.17) is 9.47 Å². The first-order valence-corrected chi connectivity index (χ1v) is 10.0. The maximum Gasteiger partial charge on any atom is 0.114 e. The van der Waals surface area contributed by atoms with Crippen LogP contribution in [0.15, 0.2) is 12.2 Å². The fraction of sp³-hybridized carbons (Fsp3) is 0.900. The third kappa shape index (κ3) is 10.3. The highest BCUT2D eigenvalue weighted by Gasteiger charge is 2.39. The lowest BCUT2D eigenvalue weighted by Crippen LogP contribution is -2.40. The molecule has 0 aliphatic carbocycles. The molecule has 25 heavy (non-hydrogen) atoms. The molecule has 0 amide bonds. The van der Waals surface area contributed by atoms with Crippen LogP contribution in [0.1, 0.15) is 71.1 Å². The molecule has 5 nitrogen and oxygen atoms in total. The molecule has 3 N–H and O–H groups in total. The van der Waals surface area contributed by atoms with E-state index in [0.717, 1.165) is 19.3 Å². The first-order valence-electron chi connectivity index (χ1n) is 10.0. The van der Waals surface area contributed by atoms with Gasteiger partial charge in [-0.25, -0.2) is 0 Å². The molecular weight excluding hydrogens is 320 g/mol. The van der Waals surface area contributed by atoms with Crippen molar-refractivity contribution in [2.75, 3.05) is 19.8 Å². The van der Waals surface area contributed by atoms with Gasteiger partial charge in [0.15, 0.2) is 0 Å². The summed E-state index contributed by atoms with van der Waals surface area (Å²) in [7, 11) is 0. The van der Waals surface area contributed by atoms with Gasteiger partial charge in [0.1, 0.15) is 24.4 Å². The zero-order chi connectivity index (χ0) is 18.3. The van der Waals surface area contributed by atoms with Crippen molar-refractivity contribution in [3.05, 3.63) is 12.2 Å². The van der Waals surface area contributed by atoms with Crippen LogP contribution in [0, 0.1) is 0 Å². The lowest BCUT2D eigenvalue weighted by atomic mass is 10.1. The fourth-order valence-electron chi connectivity index (χ4n) is 3.01. The Bertz CT molecular complexity index is 334. The molecule has 5 heteroatoms. The Kier molecular flexibility index (Phi) is 13.3. The van der Waals surface area contributed by atoms with E-state index in [2.05, 4.69) is 19.1 Å². The number of hydrogen-bond donors (Lipinski definition) is 3. The summed E-state index contributed by atoms with van der Waals surface area (Å²) in [6.45, 7) is 3.03. The molecule has 1 fully saturated rings. The monoisotopic (exact) mass is 358 g/mol. The van der Waals surface area contributed by atoms with Crippen molar-refractivity contribution < 1.29 is 24.8 Å².